The van der Waals surface area contributed by atoms with Crippen LogP contribution in [0, 0.1) is 10.1 Å². The van der Waals surface area contributed by atoms with Crippen LogP contribution in [-0.2, 0) is 10.0 Å². The van der Waals surface area contributed by atoms with E-state index >= 15 is 0 Å². The van der Waals surface area contributed by atoms with Gasteiger partial charge in [0.25, 0.3) is 5.69 Å². The third kappa shape index (κ3) is 3.63. The van der Waals surface area contributed by atoms with Crippen molar-refractivity contribution in [3.8, 4) is 0 Å². The molecule has 0 fully saturated rings. The number of para-hydroxylation sites is 2. The number of imidazole rings is 1. The molecule has 0 aliphatic carbocycles. The monoisotopic (exact) mass is 414 g/mol. The van der Waals surface area contributed by atoms with Crippen molar-refractivity contribution in [2.45, 2.75) is 21.5 Å². The van der Waals surface area contributed by atoms with Crippen molar-refractivity contribution < 1.29 is 22.1 Å². The van der Waals surface area contributed by atoms with Gasteiger partial charge in [0.2, 0.25) is 10.0 Å². The number of sulfonamides is 1. The largest absolute Gasteiger partial charge is 0.321 e. The van der Waals surface area contributed by atoms with Gasteiger partial charge in [-0.3, -0.25) is 14.7 Å². The minimum Gasteiger partial charge on any atom is -0.261 e. The van der Waals surface area contributed by atoms with Gasteiger partial charge in [-0.15, -0.1) is 0 Å². The Morgan fingerprint density at radius 3 is 2.59 bits per heavy atom. The standard InChI is InChI=1S/C15H12F2N4O4S2/c1-18-27(24,25)9-6-7-13(12(8-9)21(22)23)26-15-19-10-4-2-3-5-11(10)20(15)14(16)17/h2-8,14,18H,1H3. The molecule has 12 heteroatoms. The highest BCUT2D eigenvalue weighted by Crippen LogP contribution is 2.38. The van der Waals surface area contributed by atoms with Gasteiger partial charge in [-0.1, -0.05) is 12.1 Å². The predicted molar refractivity (Wildman–Crippen MR) is 94.5 cm³/mol. The number of hydrogen-bond acceptors (Lipinski definition) is 6. The highest BCUT2D eigenvalue weighted by Gasteiger charge is 2.24. The topological polar surface area (TPSA) is 107 Å². The van der Waals surface area contributed by atoms with Gasteiger partial charge in [0.1, 0.15) is 0 Å². The summed E-state index contributed by atoms with van der Waals surface area (Å²) < 4.78 is 53.4. The molecule has 0 spiro atoms. The van der Waals surface area contributed by atoms with E-state index in [4.69, 9.17) is 0 Å². The molecule has 3 rings (SSSR count). The van der Waals surface area contributed by atoms with Crippen LogP contribution in [0.15, 0.2) is 57.4 Å². The van der Waals surface area contributed by atoms with E-state index in [0.717, 1.165) is 12.1 Å². The summed E-state index contributed by atoms with van der Waals surface area (Å²) in [6.07, 6.45) is 0. The van der Waals surface area contributed by atoms with Gasteiger partial charge in [-0.05, 0) is 43.1 Å². The van der Waals surface area contributed by atoms with E-state index in [0.29, 0.717) is 21.8 Å². The predicted octanol–water partition coefficient (Wildman–Crippen LogP) is 3.40. The molecule has 1 heterocycles. The van der Waals surface area contributed by atoms with Gasteiger partial charge >= 0.3 is 6.55 Å². The summed E-state index contributed by atoms with van der Waals surface area (Å²) in [6, 6.07) is 9.48. The Kier molecular flexibility index (Phi) is 5.13. The van der Waals surface area contributed by atoms with E-state index in [1.807, 2.05) is 0 Å². The van der Waals surface area contributed by atoms with E-state index in [1.165, 1.54) is 19.2 Å². The van der Waals surface area contributed by atoms with Crippen LogP contribution in [0.2, 0.25) is 0 Å². The van der Waals surface area contributed by atoms with Gasteiger partial charge in [0.15, 0.2) is 5.16 Å². The summed E-state index contributed by atoms with van der Waals surface area (Å²) in [4.78, 5) is 14.4. The number of alkyl halides is 2. The molecular formula is C15H12F2N4O4S2. The van der Waals surface area contributed by atoms with Crippen molar-refractivity contribution in [2.24, 2.45) is 0 Å². The molecule has 0 saturated carbocycles. The average molecular weight is 414 g/mol. The molecule has 0 bridgehead atoms. The molecule has 1 N–H and O–H groups in total. The highest BCUT2D eigenvalue weighted by molar-refractivity contribution is 7.99. The van der Waals surface area contributed by atoms with Crippen molar-refractivity contribution in [3.63, 3.8) is 0 Å². The second-order valence-electron chi connectivity index (χ2n) is 5.23. The molecule has 2 aromatic carbocycles. The molecule has 8 nitrogen and oxygen atoms in total. The second kappa shape index (κ2) is 7.21. The van der Waals surface area contributed by atoms with Crippen LogP contribution in [0.4, 0.5) is 14.5 Å². The molecule has 0 amide bonds. The number of aromatic nitrogens is 2. The number of nitro groups is 1. The molecule has 1 aromatic heterocycles. The third-order valence-electron chi connectivity index (χ3n) is 3.67. The zero-order valence-electron chi connectivity index (χ0n) is 13.7. The summed E-state index contributed by atoms with van der Waals surface area (Å²) >= 11 is 0.665. The number of nitrogens with zero attached hydrogens (tertiary/aromatic N) is 3. The number of hydrogen-bond donors (Lipinski definition) is 1. The summed E-state index contributed by atoms with van der Waals surface area (Å²) in [7, 11) is -2.72. The van der Waals surface area contributed by atoms with E-state index in [9.17, 15) is 27.3 Å². The highest BCUT2D eigenvalue weighted by atomic mass is 32.2. The lowest BCUT2D eigenvalue weighted by molar-refractivity contribution is -0.388. The number of nitrogens with one attached hydrogen (secondary N) is 1. The fourth-order valence-corrected chi connectivity index (χ4v) is 4.13. The minimum atomic E-state index is -3.89. The first-order valence-corrected chi connectivity index (χ1v) is 9.69. The maximum atomic E-state index is 13.5. The van der Waals surface area contributed by atoms with E-state index in [-0.39, 0.29) is 20.5 Å². The van der Waals surface area contributed by atoms with Crippen molar-refractivity contribution in [1.29, 1.82) is 0 Å². The molecule has 0 atom stereocenters. The van der Waals surface area contributed by atoms with E-state index in [1.54, 1.807) is 18.2 Å². The van der Waals surface area contributed by atoms with Gasteiger partial charge in [-0.25, -0.2) is 18.1 Å². The zero-order chi connectivity index (χ0) is 19.8. The number of fused-ring (bicyclic) bond motifs is 1. The summed E-state index contributed by atoms with van der Waals surface area (Å²) in [6.45, 7) is -2.90. The Labute approximate surface area is 156 Å². The molecule has 0 aliphatic heterocycles. The Morgan fingerprint density at radius 1 is 1.26 bits per heavy atom. The molecule has 0 unspecified atom stereocenters. The van der Waals surface area contributed by atoms with Gasteiger partial charge < -0.3 is 0 Å². The average Bonchev–Trinajstić information content (AvgIpc) is 2.99. The van der Waals surface area contributed by atoms with Crippen molar-refractivity contribution in [3.05, 3.63) is 52.6 Å². The van der Waals surface area contributed by atoms with Crippen molar-refractivity contribution in [1.82, 2.24) is 14.3 Å². The minimum absolute atomic E-state index is 0.00717. The van der Waals surface area contributed by atoms with E-state index in [2.05, 4.69) is 9.71 Å². The normalized spacial score (nSPS) is 12.0. The van der Waals surface area contributed by atoms with Gasteiger partial charge in [0.05, 0.1) is 25.7 Å². The summed E-state index contributed by atoms with van der Waals surface area (Å²) in [5, 5.41) is 11.2. The maximum Gasteiger partial charge on any atom is 0.321 e. The first-order valence-electron chi connectivity index (χ1n) is 7.39. The lowest BCUT2D eigenvalue weighted by Crippen LogP contribution is -2.18. The molecule has 0 radical (unpaired) electrons. The number of halogens is 2. The Hall–Kier alpha value is -2.57. The number of nitro benzene ring substituents is 1. The SMILES string of the molecule is CNS(=O)(=O)c1ccc(Sc2nc3ccccc3n2C(F)F)c([N+](=O)[O-])c1. The molecule has 142 valence electrons. The molecule has 0 saturated heterocycles. The second-order valence-corrected chi connectivity index (χ2v) is 8.12. The van der Waals surface area contributed by atoms with Crippen LogP contribution in [0.1, 0.15) is 6.55 Å². The first-order chi connectivity index (χ1) is 12.7. The maximum absolute atomic E-state index is 13.5. The quantitative estimate of drug-likeness (QED) is 0.489. The van der Waals surface area contributed by atoms with E-state index < -0.39 is 27.2 Å². The first kappa shape index (κ1) is 19.2. The summed E-state index contributed by atoms with van der Waals surface area (Å²) in [5.41, 5.74) is -0.0198. The third-order valence-corrected chi connectivity index (χ3v) is 6.11. The van der Waals surface area contributed by atoms with Crippen LogP contribution >= 0.6 is 11.8 Å². The van der Waals surface area contributed by atoms with Crippen LogP contribution in [0.3, 0.4) is 0 Å². The smallest absolute Gasteiger partial charge is 0.261 e. The molecule has 3 aromatic rings. The van der Waals surface area contributed by atoms with Gasteiger partial charge in [0, 0.05) is 6.07 Å². The molecular weight excluding hydrogens is 402 g/mol. The fourth-order valence-electron chi connectivity index (χ4n) is 2.39. The summed E-state index contributed by atoms with van der Waals surface area (Å²) in [5.74, 6) is 0. The van der Waals surface area contributed by atoms with Crippen molar-refractivity contribution >= 4 is 38.5 Å². The van der Waals surface area contributed by atoms with Gasteiger partial charge in [-0.2, -0.15) is 8.78 Å². The number of rotatable bonds is 6. The Morgan fingerprint density at radius 2 is 1.96 bits per heavy atom. The van der Waals surface area contributed by atoms with Crippen LogP contribution in [-0.4, -0.2) is 29.9 Å². The lowest BCUT2D eigenvalue weighted by atomic mass is 10.3. The zero-order valence-corrected chi connectivity index (χ0v) is 15.3. The fraction of sp³-hybridized carbons (Fsp3) is 0.133. The van der Waals surface area contributed by atoms with Crippen LogP contribution < -0.4 is 4.72 Å². The van der Waals surface area contributed by atoms with Crippen LogP contribution in [0.25, 0.3) is 11.0 Å². The van der Waals surface area contributed by atoms with Crippen molar-refractivity contribution in [2.75, 3.05) is 7.05 Å². The molecule has 27 heavy (non-hydrogen) atoms. The number of benzene rings is 2. The molecule has 0 aliphatic rings. The Balaban J connectivity index is 2.12. The van der Waals surface area contributed by atoms with Crippen LogP contribution in [0.5, 0.6) is 0 Å². The lowest BCUT2D eigenvalue weighted by Gasteiger charge is -2.08. The Bertz CT molecular complexity index is 1130.